The number of hydrogen-bond donors (Lipinski definition) is 1. The van der Waals surface area contributed by atoms with Gasteiger partial charge in [-0.2, -0.15) is 0 Å². The van der Waals surface area contributed by atoms with Crippen molar-refractivity contribution >= 4 is 11.6 Å². The second-order valence-electron chi connectivity index (χ2n) is 6.98. The molecule has 0 unspecified atom stereocenters. The van der Waals surface area contributed by atoms with Gasteiger partial charge in [0, 0.05) is 31.6 Å². The monoisotopic (exact) mass is 411 g/mol. The van der Waals surface area contributed by atoms with E-state index in [9.17, 15) is 4.79 Å². The number of aromatic amines is 1. The molecule has 29 heavy (non-hydrogen) atoms. The fourth-order valence-corrected chi connectivity index (χ4v) is 3.98. The lowest BCUT2D eigenvalue weighted by atomic mass is 10.1. The first-order valence-corrected chi connectivity index (χ1v) is 9.77. The molecule has 0 amide bonds. The molecule has 1 aliphatic heterocycles. The molecule has 0 spiro atoms. The Balaban J connectivity index is 1.57. The zero-order chi connectivity index (χ0) is 20.4. The van der Waals surface area contributed by atoms with E-state index in [2.05, 4.69) is 9.88 Å². The average Bonchev–Trinajstić information content (AvgIpc) is 2.74. The van der Waals surface area contributed by atoms with Gasteiger partial charge in [0.2, 0.25) is 0 Å². The van der Waals surface area contributed by atoms with E-state index in [1.807, 2.05) is 42.5 Å². The van der Waals surface area contributed by atoms with Crippen LogP contribution in [0.3, 0.4) is 0 Å². The number of halogens is 1. The highest BCUT2D eigenvalue weighted by atomic mass is 35.5. The van der Waals surface area contributed by atoms with Gasteiger partial charge in [-0.05, 0) is 17.7 Å². The topological polar surface area (TPSA) is 67.5 Å². The predicted octanol–water partition coefficient (Wildman–Crippen LogP) is 3.67. The van der Waals surface area contributed by atoms with Gasteiger partial charge in [0.25, 0.3) is 5.56 Å². The molecule has 0 saturated carbocycles. The lowest BCUT2D eigenvalue weighted by molar-refractivity contribution is 0.241. The third-order valence-electron chi connectivity index (χ3n) is 5.09. The number of methoxy groups -OCH3 is 2. The van der Waals surface area contributed by atoms with Crippen LogP contribution in [0.5, 0.6) is 11.5 Å². The Labute approximate surface area is 174 Å². The van der Waals surface area contributed by atoms with Crippen LogP contribution in [0, 0.1) is 0 Å². The van der Waals surface area contributed by atoms with Crippen molar-refractivity contribution in [3.63, 3.8) is 0 Å². The summed E-state index contributed by atoms with van der Waals surface area (Å²) in [5, 5.41) is 0.506. The second-order valence-corrected chi connectivity index (χ2v) is 7.39. The summed E-state index contributed by atoms with van der Waals surface area (Å²) in [7, 11) is 3.15. The van der Waals surface area contributed by atoms with E-state index >= 15 is 0 Å². The Morgan fingerprint density at radius 3 is 2.69 bits per heavy atom. The molecule has 3 aromatic rings. The second kappa shape index (κ2) is 8.27. The molecule has 2 heterocycles. The van der Waals surface area contributed by atoms with Crippen molar-refractivity contribution in [1.29, 1.82) is 0 Å². The lowest BCUT2D eigenvalue weighted by Gasteiger charge is -2.28. The lowest BCUT2D eigenvalue weighted by Crippen LogP contribution is -2.35. The smallest absolute Gasteiger partial charge is 0.255 e. The number of H-pyrrole nitrogens is 1. The molecule has 7 heteroatoms. The van der Waals surface area contributed by atoms with Crippen molar-refractivity contribution < 1.29 is 9.47 Å². The summed E-state index contributed by atoms with van der Waals surface area (Å²) in [6.45, 7) is 2.00. The fraction of sp³-hybridized carbons (Fsp3) is 0.273. The zero-order valence-electron chi connectivity index (χ0n) is 16.4. The Bertz CT molecular complexity index is 1080. The molecule has 0 aliphatic carbocycles. The van der Waals surface area contributed by atoms with Crippen LogP contribution in [-0.2, 0) is 19.5 Å². The molecule has 0 fully saturated rings. The summed E-state index contributed by atoms with van der Waals surface area (Å²) in [6, 6.07) is 13.5. The quantitative estimate of drug-likeness (QED) is 0.693. The van der Waals surface area contributed by atoms with Crippen LogP contribution >= 0.6 is 11.6 Å². The maximum Gasteiger partial charge on any atom is 0.255 e. The van der Waals surface area contributed by atoms with Gasteiger partial charge < -0.3 is 14.5 Å². The summed E-state index contributed by atoms with van der Waals surface area (Å²) >= 11 is 6.32. The van der Waals surface area contributed by atoms with Gasteiger partial charge in [-0.3, -0.25) is 9.69 Å². The van der Waals surface area contributed by atoms with Crippen molar-refractivity contribution in [2.45, 2.75) is 19.5 Å². The van der Waals surface area contributed by atoms with Crippen LogP contribution in [0.4, 0.5) is 0 Å². The highest BCUT2D eigenvalue weighted by molar-refractivity contribution is 6.32. The summed E-state index contributed by atoms with van der Waals surface area (Å²) < 4.78 is 10.7. The molecule has 150 valence electrons. The number of rotatable bonds is 5. The van der Waals surface area contributed by atoms with Crippen molar-refractivity contribution in [2.24, 2.45) is 0 Å². The van der Waals surface area contributed by atoms with Crippen LogP contribution in [0.1, 0.15) is 16.8 Å². The Morgan fingerprint density at radius 1 is 1.17 bits per heavy atom. The molecular weight excluding hydrogens is 390 g/mol. The number of ether oxygens (including phenoxy) is 2. The SMILES string of the molecule is COc1cc(CN2CCc3nc(-c4ccccc4)[nH]c(=O)c3C2)cc(Cl)c1OC. The van der Waals surface area contributed by atoms with Gasteiger partial charge in [0.15, 0.2) is 11.5 Å². The Kier molecular flexibility index (Phi) is 5.56. The van der Waals surface area contributed by atoms with E-state index < -0.39 is 0 Å². The van der Waals surface area contributed by atoms with Gasteiger partial charge in [0.1, 0.15) is 5.82 Å². The van der Waals surface area contributed by atoms with Crippen LogP contribution < -0.4 is 15.0 Å². The first kappa shape index (κ1) is 19.5. The molecule has 4 rings (SSSR count). The minimum atomic E-state index is -0.0797. The molecule has 0 atom stereocenters. The van der Waals surface area contributed by atoms with E-state index in [1.165, 1.54) is 0 Å². The number of nitrogens with zero attached hydrogens (tertiary/aromatic N) is 2. The van der Waals surface area contributed by atoms with Gasteiger partial charge in [0.05, 0.1) is 30.5 Å². The van der Waals surface area contributed by atoms with Gasteiger partial charge in [-0.25, -0.2) is 4.98 Å². The van der Waals surface area contributed by atoms with Crippen LogP contribution in [-0.4, -0.2) is 35.6 Å². The normalized spacial score (nSPS) is 13.8. The third kappa shape index (κ3) is 3.99. The molecule has 0 saturated heterocycles. The first-order valence-electron chi connectivity index (χ1n) is 9.39. The molecule has 0 bridgehead atoms. The predicted molar refractivity (Wildman–Crippen MR) is 113 cm³/mol. The zero-order valence-corrected chi connectivity index (χ0v) is 17.1. The van der Waals surface area contributed by atoms with E-state index in [1.54, 1.807) is 14.2 Å². The number of fused-ring (bicyclic) bond motifs is 1. The first-order chi connectivity index (χ1) is 14.1. The Hall–Kier alpha value is -2.83. The summed E-state index contributed by atoms with van der Waals surface area (Å²) in [4.78, 5) is 22.6. The average molecular weight is 412 g/mol. The van der Waals surface area contributed by atoms with Gasteiger partial charge in [-0.1, -0.05) is 41.9 Å². The third-order valence-corrected chi connectivity index (χ3v) is 5.38. The molecule has 1 aliphatic rings. The minimum absolute atomic E-state index is 0.0797. The fourth-order valence-electron chi connectivity index (χ4n) is 3.67. The van der Waals surface area contributed by atoms with Crippen LogP contribution in [0.25, 0.3) is 11.4 Å². The number of nitrogens with one attached hydrogen (secondary N) is 1. The van der Waals surface area contributed by atoms with Gasteiger partial charge in [-0.15, -0.1) is 0 Å². The molecule has 0 radical (unpaired) electrons. The molecule has 1 aromatic heterocycles. The maximum absolute atomic E-state index is 12.7. The molecular formula is C22H22ClN3O3. The number of aromatic nitrogens is 2. The maximum atomic E-state index is 12.7. The largest absolute Gasteiger partial charge is 0.493 e. The van der Waals surface area contributed by atoms with Crippen LogP contribution in [0.15, 0.2) is 47.3 Å². The number of benzene rings is 2. The standard InChI is InChI=1S/C22H22ClN3O3/c1-28-19-11-14(10-17(23)20(19)29-2)12-26-9-8-18-16(13-26)22(27)25-21(24-18)15-6-4-3-5-7-15/h3-7,10-11H,8-9,12-13H2,1-2H3,(H,24,25,27). The highest BCUT2D eigenvalue weighted by Crippen LogP contribution is 2.36. The minimum Gasteiger partial charge on any atom is -0.493 e. The Morgan fingerprint density at radius 2 is 1.97 bits per heavy atom. The summed E-state index contributed by atoms with van der Waals surface area (Å²) in [5.74, 6) is 1.74. The molecule has 6 nitrogen and oxygen atoms in total. The van der Waals surface area contributed by atoms with Crippen molar-refractivity contribution in [3.8, 4) is 22.9 Å². The van der Waals surface area contributed by atoms with Crippen molar-refractivity contribution in [1.82, 2.24) is 14.9 Å². The summed E-state index contributed by atoms with van der Waals surface area (Å²) in [5.41, 5.74) is 3.43. The van der Waals surface area contributed by atoms with Crippen LogP contribution in [0.2, 0.25) is 5.02 Å². The number of hydrogen-bond acceptors (Lipinski definition) is 5. The molecule has 1 N–H and O–H groups in total. The van der Waals surface area contributed by atoms with E-state index in [4.69, 9.17) is 26.1 Å². The van der Waals surface area contributed by atoms with Gasteiger partial charge >= 0.3 is 0 Å². The van der Waals surface area contributed by atoms with E-state index in [0.29, 0.717) is 35.4 Å². The van der Waals surface area contributed by atoms with Crippen molar-refractivity contribution in [2.75, 3.05) is 20.8 Å². The highest BCUT2D eigenvalue weighted by Gasteiger charge is 2.22. The summed E-state index contributed by atoms with van der Waals surface area (Å²) in [6.07, 6.45) is 0.722. The van der Waals surface area contributed by atoms with Crippen molar-refractivity contribution in [3.05, 3.63) is 74.7 Å². The van der Waals surface area contributed by atoms with E-state index in [-0.39, 0.29) is 5.56 Å². The van der Waals surface area contributed by atoms with E-state index in [0.717, 1.165) is 35.3 Å². The molecule has 2 aromatic carbocycles.